The Morgan fingerprint density at radius 2 is 1.96 bits per heavy atom. The molecule has 0 radical (unpaired) electrons. The van der Waals surface area contributed by atoms with Crippen LogP contribution in [0.4, 0.5) is 10.5 Å². The predicted octanol–water partition coefficient (Wildman–Crippen LogP) is 2.00. The summed E-state index contributed by atoms with van der Waals surface area (Å²) >= 11 is 0. The summed E-state index contributed by atoms with van der Waals surface area (Å²) in [4.78, 5) is 35.8. The Morgan fingerprint density at radius 3 is 2.78 bits per heavy atom. The van der Waals surface area contributed by atoms with E-state index < -0.39 is 12.1 Å². The van der Waals surface area contributed by atoms with Gasteiger partial charge in [0.1, 0.15) is 6.04 Å². The van der Waals surface area contributed by atoms with E-state index in [1.54, 1.807) is 12.1 Å². The second kappa shape index (κ2) is 6.81. The van der Waals surface area contributed by atoms with Crippen molar-refractivity contribution in [3.63, 3.8) is 0 Å². The molecule has 3 rings (SSSR count). The van der Waals surface area contributed by atoms with Crippen molar-refractivity contribution < 1.29 is 14.4 Å². The lowest BCUT2D eigenvalue weighted by atomic mass is 10.0. The third-order valence-electron chi connectivity index (χ3n) is 4.36. The van der Waals surface area contributed by atoms with Crippen LogP contribution in [0, 0.1) is 0 Å². The van der Waals surface area contributed by atoms with Crippen LogP contribution in [-0.4, -0.2) is 30.3 Å². The molecular weight excluding hydrogens is 294 g/mol. The van der Waals surface area contributed by atoms with E-state index in [0.717, 1.165) is 31.2 Å². The molecule has 3 amide bonds. The lowest BCUT2D eigenvalue weighted by Crippen LogP contribution is -2.51. The molecule has 23 heavy (non-hydrogen) atoms. The normalized spacial score (nSPS) is 21.0. The van der Waals surface area contributed by atoms with Crippen molar-refractivity contribution in [2.45, 2.75) is 44.6 Å². The van der Waals surface area contributed by atoms with Gasteiger partial charge in [0.25, 0.3) is 0 Å². The number of piperidine rings is 1. The van der Waals surface area contributed by atoms with E-state index >= 15 is 0 Å². The zero-order valence-corrected chi connectivity index (χ0v) is 13.0. The minimum absolute atomic E-state index is 0.133. The van der Waals surface area contributed by atoms with Gasteiger partial charge in [-0.25, -0.2) is 4.79 Å². The number of nitrogens with one attached hydrogen (secondary N) is 3. The van der Waals surface area contributed by atoms with Crippen LogP contribution < -0.4 is 16.0 Å². The van der Waals surface area contributed by atoms with Crippen molar-refractivity contribution in [2.24, 2.45) is 0 Å². The average molecular weight is 315 g/mol. The minimum atomic E-state index is -0.494. The second-order valence-corrected chi connectivity index (χ2v) is 6.09. The number of ketones is 1. The predicted molar refractivity (Wildman–Crippen MR) is 86.5 cm³/mol. The van der Waals surface area contributed by atoms with Gasteiger partial charge in [-0.2, -0.15) is 0 Å². The number of carbonyl (C=O) groups is 3. The fourth-order valence-corrected chi connectivity index (χ4v) is 3.10. The smallest absolute Gasteiger partial charge is 0.319 e. The monoisotopic (exact) mass is 315 g/mol. The van der Waals surface area contributed by atoms with Crippen molar-refractivity contribution in [1.29, 1.82) is 0 Å². The Balaban J connectivity index is 1.67. The van der Waals surface area contributed by atoms with Gasteiger partial charge >= 0.3 is 6.03 Å². The Hall–Kier alpha value is -2.37. The summed E-state index contributed by atoms with van der Waals surface area (Å²) in [5, 5.41) is 8.12. The highest BCUT2D eigenvalue weighted by Gasteiger charge is 2.23. The van der Waals surface area contributed by atoms with E-state index in [1.165, 1.54) is 0 Å². The first-order chi connectivity index (χ1) is 11.1. The van der Waals surface area contributed by atoms with Crippen molar-refractivity contribution in [3.05, 3.63) is 29.3 Å². The van der Waals surface area contributed by atoms with Gasteiger partial charge in [0.05, 0.1) is 0 Å². The molecule has 2 aliphatic rings. The average Bonchev–Trinajstić information content (AvgIpc) is 2.72. The molecule has 0 spiro atoms. The molecule has 1 aromatic rings. The van der Waals surface area contributed by atoms with E-state index in [2.05, 4.69) is 16.0 Å². The van der Waals surface area contributed by atoms with E-state index in [1.807, 2.05) is 6.07 Å². The SMILES string of the molecule is O=C(Nc1ccc2c(c1)C(=O)CCCC2)NC1CCCNC1=O. The lowest BCUT2D eigenvalue weighted by Gasteiger charge is -2.23. The summed E-state index contributed by atoms with van der Waals surface area (Å²) in [7, 11) is 0. The van der Waals surface area contributed by atoms with Gasteiger partial charge in [-0.15, -0.1) is 0 Å². The fourth-order valence-electron chi connectivity index (χ4n) is 3.10. The molecule has 1 atom stereocenters. The summed E-state index contributed by atoms with van der Waals surface area (Å²) in [6.45, 7) is 0.658. The van der Waals surface area contributed by atoms with Crippen molar-refractivity contribution in [3.8, 4) is 0 Å². The second-order valence-electron chi connectivity index (χ2n) is 6.09. The van der Waals surface area contributed by atoms with Crippen LogP contribution in [0.3, 0.4) is 0 Å². The molecule has 0 bridgehead atoms. The molecule has 6 heteroatoms. The highest BCUT2D eigenvalue weighted by Crippen LogP contribution is 2.23. The van der Waals surface area contributed by atoms with Crippen LogP contribution in [0.15, 0.2) is 18.2 Å². The van der Waals surface area contributed by atoms with E-state index in [-0.39, 0.29) is 11.7 Å². The summed E-state index contributed by atoms with van der Waals surface area (Å²) in [5.41, 5.74) is 2.33. The largest absolute Gasteiger partial charge is 0.354 e. The van der Waals surface area contributed by atoms with Crippen LogP contribution in [0.2, 0.25) is 0 Å². The highest BCUT2D eigenvalue weighted by atomic mass is 16.2. The number of hydrogen-bond acceptors (Lipinski definition) is 3. The summed E-state index contributed by atoms with van der Waals surface area (Å²) < 4.78 is 0. The van der Waals surface area contributed by atoms with Crippen LogP contribution in [0.25, 0.3) is 0 Å². The first-order valence-electron chi connectivity index (χ1n) is 8.15. The van der Waals surface area contributed by atoms with Crippen LogP contribution in [0.5, 0.6) is 0 Å². The molecule has 3 N–H and O–H groups in total. The molecular formula is C17H21N3O3. The van der Waals surface area contributed by atoms with E-state index in [4.69, 9.17) is 0 Å². The number of fused-ring (bicyclic) bond motifs is 1. The van der Waals surface area contributed by atoms with Gasteiger partial charge in [-0.3, -0.25) is 9.59 Å². The summed E-state index contributed by atoms with van der Waals surface area (Å²) in [5.74, 6) is -0.0169. The highest BCUT2D eigenvalue weighted by molar-refractivity contribution is 6.00. The molecule has 0 aromatic heterocycles. The quantitative estimate of drug-likeness (QED) is 0.729. The van der Waals surface area contributed by atoms with Crippen LogP contribution in [0.1, 0.15) is 48.0 Å². The number of anilines is 1. The van der Waals surface area contributed by atoms with E-state index in [9.17, 15) is 14.4 Å². The van der Waals surface area contributed by atoms with Gasteiger partial charge < -0.3 is 16.0 Å². The minimum Gasteiger partial charge on any atom is -0.354 e. The number of Topliss-reactive ketones (excluding diaryl/α,β-unsaturated/α-hetero) is 1. The van der Waals surface area contributed by atoms with Crippen molar-refractivity contribution in [2.75, 3.05) is 11.9 Å². The topological polar surface area (TPSA) is 87.3 Å². The number of urea groups is 1. The van der Waals surface area contributed by atoms with Gasteiger partial charge in [0.2, 0.25) is 5.91 Å². The number of rotatable bonds is 2. The number of hydrogen-bond donors (Lipinski definition) is 3. The molecule has 1 aliphatic carbocycles. The molecule has 1 saturated heterocycles. The third kappa shape index (κ3) is 3.70. The molecule has 1 fully saturated rings. The Kier molecular flexibility index (Phi) is 4.60. The Bertz CT molecular complexity index is 642. The molecule has 1 heterocycles. The van der Waals surface area contributed by atoms with Gasteiger partial charge in [0.15, 0.2) is 5.78 Å². The maximum atomic E-state index is 12.1. The van der Waals surface area contributed by atoms with Gasteiger partial charge in [-0.1, -0.05) is 6.07 Å². The maximum Gasteiger partial charge on any atom is 0.319 e. The Labute approximate surface area is 135 Å². The molecule has 1 aliphatic heterocycles. The van der Waals surface area contributed by atoms with Gasteiger partial charge in [-0.05, 0) is 49.8 Å². The molecule has 6 nitrogen and oxygen atoms in total. The number of aryl methyl sites for hydroxylation is 1. The van der Waals surface area contributed by atoms with Crippen LogP contribution in [-0.2, 0) is 11.2 Å². The zero-order chi connectivity index (χ0) is 16.2. The lowest BCUT2D eigenvalue weighted by molar-refractivity contribution is -0.124. The molecule has 1 unspecified atom stereocenters. The fraction of sp³-hybridized carbons (Fsp3) is 0.471. The summed E-state index contributed by atoms with van der Waals surface area (Å²) in [6, 6.07) is 4.53. The van der Waals surface area contributed by atoms with Crippen molar-refractivity contribution in [1.82, 2.24) is 10.6 Å². The number of benzene rings is 1. The Morgan fingerprint density at radius 1 is 1.13 bits per heavy atom. The van der Waals surface area contributed by atoms with Crippen LogP contribution >= 0.6 is 0 Å². The molecule has 0 saturated carbocycles. The maximum absolute atomic E-state index is 12.1. The summed E-state index contributed by atoms with van der Waals surface area (Å²) in [6.07, 6.45) is 4.88. The van der Waals surface area contributed by atoms with Crippen molar-refractivity contribution >= 4 is 23.4 Å². The number of carbonyl (C=O) groups excluding carboxylic acids is 3. The van der Waals surface area contributed by atoms with Gasteiger partial charge in [0, 0.05) is 24.2 Å². The first kappa shape index (κ1) is 15.5. The first-order valence-corrected chi connectivity index (χ1v) is 8.15. The standard InChI is InChI=1S/C17H21N3O3/c21-15-6-2-1-4-11-7-8-12(10-13(11)15)19-17(23)20-14-5-3-9-18-16(14)22/h7-8,10,14H,1-6,9H2,(H,18,22)(H2,19,20,23). The zero-order valence-electron chi connectivity index (χ0n) is 13.0. The third-order valence-corrected chi connectivity index (χ3v) is 4.36. The molecule has 1 aromatic carbocycles. The van der Waals surface area contributed by atoms with E-state index in [0.29, 0.717) is 30.6 Å². The molecule has 122 valence electrons. The number of amides is 3.